The molecule has 18 heavy (non-hydrogen) atoms. The smallest absolute Gasteiger partial charge is 0.137 e. The highest BCUT2D eigenvalue weighted by atomic mass is 79.9. The largest absolute Gasteiger partial charge is 0.397 e. The number of halogens is 4. The van der Waals surface area contributed by atoms with Crippen molar-refractivity contribution in [3.8, 4) is 0 Å². The highest BCUT2D eigenvalue weighted by Gasteiger charge is 2.06. The van der Waals surface area contributed by atoms with Crippen molar-refractivity contribution >= 4 is 56.2 Å². The topological polar surface area (TPSA) is 38.0 Å². The molecule has 0 fully saturated rings. The molecule has 0 unspecified atom stereocenters. The fraction of sp³-hybridized carbons (Fsp3) is 0. The summed E-state index contributed by atoms with van der Waals surface area (Å²) in [6.07, 6.45) is 0. The van der Waals surface area contributed by atoms with E-state index in [0.29, 0.717) is 31.6 Å². The molecule has 6 heteroatoms. The summed E-state index contributed by atoms with van der Waals surface area (Å²) in [4.78, 5) is 0. The van der Waals surface area contributed by atoms with Gasteiger partial charge in [0.1, 0.15) is 5.82 Å². The van der Waals surface area contributed by atoms with E-state index in [-0.39, 0.29) is 5.82 Å². The summed E-state index contributed by atoms with van der Waals surface area (Å²) in [6, 6.07) is 7.74. The van der Waals surface area contributed by atoms with Gasteiger partial charge >= 0.3 is 0 Å². The van der Waals surface area contributed by atoms with E-state index in [1.165, 1.54) is 6.07 Å². The SMILES string of the molecule is Nc1cc(Cl)c(Cl)cc1Nc1ccc(F)c(Br)c1. The lowest BCUT2D eigenvalue weighted by Crippen LogP contribution is -1.97. The second-order valence-corrected chi connectivity index (χ2v) is 5.28. The molecule has 0 aliphatic carbocycles. The number of rotatable bonds is 2. The minimum atomic E-state index is -0.331. The third-order valence-corrected chi connectivity index (χ3v) is 3.62. The lowest BCUT2D eigenvalue weighted by Gasteiger charge is -2.11. The average molecular weight is 350 g/mol. The van der Waals surface area contributed by atoms with E-state index in [2.05, 4.69) is 21.2 Å². The molecule has 0 aliphatic rings. The molecule has 0 heterocycles. The van der Waals surface area contributed by atoms with Crippen LogP contribution < -0.4 is 11.1 Å². The van der Waals surface area contributed by atoms with E-state index in [4.69, 9.17) is 28.9 Å². The molecule has 2 aromatic rings. The van der Waals surface area contributed by atoms with Gasteiger partial charge in [0.25, 0.3) is 0 Å². The molecular weight excluding hydrogens is 342 g/mol. The minimum absolute atomic E-state index is 0.331. The number of anilines is 3. The first-order valence-corrected chi connectivity index (χ1v) is 6.49. The van der Waals surface area contributed by atoms with Gasteiger partial charge in [0.15, 0.2) is 0 Å². The molecule has 3 N–H and O–H groups in total. The number of nitrogens with one attached hydrogen (secondary N) is 1. The van der Waals surface area contributed by atoms with Crippen molar-refractivity contribution in [3.63, 3.8) is 0 Å². The van der Waals surface area contributed by atoms with E-state index >= 15 is 0 Å². The van der Waals surface area contributed by atoms with Gasteiger partial charge in [0.2, 0.25) is 0 Å². The summed E-state index contributed by atoms with van der Waals surface area (Å²) < 4.78 is 13.5. The Kier molecular flexibility index (Phi) is 4.00. The van der Waals surface area contributed by atoms with Crippen LogP contribution in [0.15, 0.2) is 34.8 Å². The van der Waals surface area contributed by atoms with E-state index < -0.39 is 0 Å². The van der Waals surface area contributed by atoms with Crippen LogP contribution in [0.25, 0.3) is 0 Å². The normalized spacial score (nSPS) is 10.4. The van der Waals surface area contributed by atoms with Crippen LogP contribution in [-0.4, -0.2) is 0 Å². The number of nitrogen functional groups attached to an aromatic ring is 1. The zero-order chi connectivity index (χ0) is 13.3. The maximum absolute atomic E-state index is 13.1. The summed E-state index contributed by atoms with van der Waals surface area (Å²) >= 11 is 14.9. The summed E-state index contributed by atoms with van der Waals surface area (Å²) in [5.74, 6) is -0.331. The standard InChI is InChI=1S/C12H8BrCl2FN2/c13-7-3-6(1-2-10(7)16)18-12-5-9(15)8(14)4-11(12)17/h1-5,18H,17H2. The summed E-state index contributed by atoms with van der Waals surface area (Å²) in [5.41, 5.74) is 7.58. The molecule has 2 rings (SSSR count). The average Bonchev–Trinajstić information content (AvgIpc) is 2.31. The van der Waals surface area contributed by atoms with Gasteiger partial charge in [-0.1, -0.05) is 23.2 Å². The third kappa shape index (κ3) is 2.88. The molecule has 94 valence electrons. The second kappa shape index (κ2) is 5.34. The first-order chi connectivity index (χ1) is 8.47. The summed E-state index contributed by atoms with van der Waals surface area (Å²) in [7, 11) is 0. The fourth-order valence-corrected chi connectivity index (χ4v) is 2.11. The van der Waals surface area contributed by atoms with Gasteiger partial charge in [0.05, 0.1) is 25.9 Å². The number of hydrogen-bond acceptors (Lipinski definition) is 2. The first kappa shape index (κ1) is 13.5. The van der Waals surface area contributed by atoms with Crippen molar-refractivity contribution in [1.29, 1.82) is 0 Å². The number of nitrogens with two attached hydrogens (primary N) is 1. The molecule has 0 aliphatic heterocycles. The minimum Gasteiger partial charge on any atom is -0.397 e. The second-order valence-electron chi connectivity index (χ2n) is 3.61. The molecule has 2 aromatic carbocycles. The van der Waals surface area contributed by atoms with Crippen LogP contribution in [0, 0.1) is 5.82 Å². The lowest BCUT2D eigenvalue weighted by atomic mass is 10.2. The predicted octanol–water partition coefficient (Wildman–Crippen LogP) is 5.22. The molecular formula is C12H8BrCl2FN2. The van der Waals surface area contributed by atoms with Crippen molar-refractivity contribution in [3.05, 3.63) is 50.7 Å². The van der Waals surface area contributed by atoms with Crippen molar-refractivity contribution < 1.29 is 4.39 Å². The van der Waals surface area contributed by atoms with Crippen LogP contribution in [0.3, 0.4) is 0 Å². The van der Waals surface area contributed by atoms with Crippen molar-refractivity contribution in [1.82, 2.24) is 0 Å². The monoisotopic (exact) mass is 348 g/mol. The Labute approximate surface area is 122 Å². The Morgan fingerprint density at radius 3 is 2.44 bits per heavy atom. The number of hydrogen-bond donors (Lipinski definition) is 2. The van der Waals surface area contributed by atoms with Crippen molar-refractivity contribution in [2.45, 2.75) is 0 Å². The van der Waals surface area contributed by atoms with Crippen LogP contribution in [-0.2, 0) is 0 Å². The molecule has 0 bridgehead atoms. The van der Waals surface area contributed by atoms with E-state index in [1.807, 2.05) is 0 Å². The van der Waals surface area contributed by atoms with E-state index in [0.717, 1.165) is 0 Å². The highest BCUT2D eigenvalue weighted by molar-refractivity contribution is 9.10. The van der Waals surface area contributed by atoms with Crippen molar-refractivity contribution in [2.75, 3.05) is 11.1 Å². The van der Waals surface area contributed by atoms with Gasteiger partial charge in [-0.15, -0.1) is 0 Å². The molecule has 0 spiro atoms. The molecule has 0 radical (unpaired) electrons. The van der Waals surface area contributed by atoms with Gasteiger partial charge in [-0.25, -0.2) is 4.39 Å². The molecule has 0 saturated carbocycles. The zero-order valence-electron chi connectivity index (χ0n) is 8.98. The molecule has 2 nitrogen and oxygen atoms in total. The van der Waals surface area contributed by atoms with Crippen LogP contribution >= 0.6 is 39.1 Å². The van der Waals surface area contributed by atoms with Gasteiger partial charge in [-0.3, -0.25) is 0 Å². The summed E-state index contributed by atoms with van der Waals surface area (Å²) in [5, 5.41) is 3.83. The van der Waals surface area contributed by atoms with Gasteiger partial charge in [-0.2, -0.15) is 0 Å². The maximum Gasteiger partial charge on any atom is 0.137 e. The zero-order valence-corrected chi connectivity index (χ0v) is 12.1. The van der Waals surface area contributed by atoms with E-state index in [1.54, 1.807) is 24.3 Å². The first-order valence-electron chi connectivity index (χ1n) is 4.94. The highest BCUT2D eigenvalue weighted by Crippen LogP contribution is 2.33. The van der Waals surface area contributed by atoms with Crippen LogP contribution in [0.5, 0.6) is 0 Å². The van der Waals surface area contributed by atoms with Gasteiger partial charge in [0, 0.05) is 5.69 Å². The molecule has 0 atom stereocenters. The van der Waals surface area contributed by atoms with Crippen molar-refractivity contribution in [2.24, 2.45) is 0 Å². The lowest BCUT2D eigenvalue weighted by molar-refractivity contribution is 0.621. The Hall–Kier alpha value is -0.970. The fourth-order valence-electron chi connectivity index (χ4n) is 1.40. The Morgan fingerprint density at radius 2 is 1.78 bits per heavy atom. The van der Waals surface area contributed by atoms with Crippen LogP contribution in [0.2, 0.25) is 10.0 Å². The predicted molar refractivity (Wildman–Crippen MR) is 78.3 cm³/mol. The van der Waals surface area contributed by atoms with E-state index in [9.17, 15) is 4.39 Å². The quantitative estimate of drug-likeness (QED) is 0.729. The Balaban J connectivity index is 2.34. The number of benzene rings is 2. The van der Waals surface area contributed by atoms with Gasteiger partial charge in [-0.05, 0) is 46.3 Å². The summed E-state index contributed by atoms with van der Waals surface area (Å²) in [6.45, 7) is 0. The maximum atomic E-state index is 13.1. The Morgan fingerprint density at radius 1 is 1.11 bits per heavy atom. The molecule has 0 saturated heterocycles. The Bertz CT molecular complexity index is 605. The third-order valence-electron chi connectivity index (χ3n) is 2.29. The van der Waals surface area contributed by atoms with Crippen LogP contribution in [0.1, 0.15) is 0 Å². The van der Waals surface area contributed by atoms with Gasteiger partial charge < -0.3 is 11.1 Å². The van der Waals surface area contributed by atoms with Crippen LogP contribution in [0.4, 0.5) is 21.5 Å². The molecule has 0 aromatic heterocycles. The molecule has 0 amide bonds.